The summed E-state index contributed by atoms with van der Waals surface area (Å²) in [6.07, 6.45) is 0. The Morgan fingerprint density at radius 1 is 0.909 bits per heavy atom. The van der Waals surface area contributed by atoms with Gasteiger partial charge in [-0.25, -0.2) is 0 Å². The maximum atomic E-state index is 14.2. The third kappa shape index (κ3) is 3.26. The van der Waals surface area contributed by atoms with Crippen molar-refractivity contribution in [1.29, 1.82) is 0 Å². The highest BCUT2D eigenvalue weighted by molar-refractivity contribution is 6.13. The average Bonchev–Trinajstić information content (AvgIpc) is 3.33. The highest BCUT2D eigenvalue weighted by atomic mass is 16.6. The lowest BCUT2D eigenvalue weighted by molar-refractivity contribution is -0.122. The number of carbonyl (C=O) groups is 1. The zero-order valence-electron chi connectivity index (χ0n) is 19.0. The van der Waals surface area contributed by atoms with Crippen LogP contribution >= 0.6 is 0 Å². The maximum absolute atomic E-state index is 14.2. The van der Waals surface area contributed by atoms with Crippen LogP contribution in [0, 0.1) is 0 Å². The summed E-state index contributed by atoms with van der Waals surface area (Å²) in [6, 6.07) is 7.29. The molecule has 1 unspecified atom stereocenters. The lowest BCUT2D eigenvalue weighted by Gasteiger charge is -2.25. The Balaban J connectivity index is 1.63. The smallest absolute Gasteiger partial charge is 0.246 e. The van der Waals surface area contributed by atoms with Crippen molar-refractivity contribution < 1.29 is 38.0 Å². The van der Waals surface area contributed by atoms with Gasteiger partial charge in [-0.15, -0.1) is 0 Å². The molecule has 0 aromatic heterocycles. The van der Waals surface area contributed by atoms with Crippen LogP contribution in [-0.4, -0.2) is 73.4 Å². The van der Waals surface area contributed by atoms with Crippen LogP contribution in [0.5, 0.6) is 28.7 Å². The molecule has 1 amide bonds. The predicted molar refractivity (Wildman–Crippen MR) is 118 cm³/mol. The zero-order chi connectivity index (χ0) is 23.0. The molecule has 1 spiro atoms. The standard InChI is InChI=1S/C24H27NO8/c1-27-8-9-30-7-6-25-22-17(29-3)5-4-16(28-2)21(22)24(23(25)26)14-33-18-13-20-19(12-15(18)24)31-10-11-32-20/h4-5,12-13H,6-11,14H2,1-3H3. The molecule has 0 saturated carbocycles. The van der Waals surface area contributed by atoms with E-state index in [-0.39, 0.29) is 12.5 Å². The van der Waals surface area contributed by atoms with E-state index < -0.39 is 5.41 Å². The van der Waals surface area contributed by atoms with Gasteiger partial charge in [-0.1, -0.05) is 0 Å². The van der Waals surface area contributed by atoms with E-state index in [0.29, 0.717) is 74.0 Å². The van der Waals surface area contributed by atoms with Gasteiger partial charge in [0.25, 0.3) is 0 Å². The number of carbonyl (C=O) groups excluding carboxylic acids is 1. The molecule has 1 atom stereocenters. The molecule has 0 saturated heterocycles. The first-order valence-electron chi connectivity index (χ1n) is 10.9. The number of benzene rings is 2. The summed E-state index contributed by atoms with van der Waals surface area (Å²) < 4.78 is 39.7. The van der Waals surface area contributed by atoms with Crippen molar-refractivity contribution in [2.45, 2.75) is 5.41 Å². The third-order valence-corrected chi connectivity index (χ3v) is 6.29. The number of rotatable bonds is 8. The molecule has 0 radical (unpaired) electrons. The number of methoxy groups -OCH3 is 3. The van der Waals surface area contributed by atoms with Crippen LogP contribution < -0.4 is 28.6 Å². The molecule has 176 valence electrons. The van der Waals surface area contributed by atoms with Crippen LogP contribution in [0.15, 0.2) is 24.3 Å². The third-order valence-electron chi connectivity index (χ3n) is 6.29. The van der Waals surface area contributed by atoms with E-state index in [1.807, 2.05) is 18.2 Å². The van der Waals surface area contributed by atoms with Crippen molar-refractivity contribution in [3.05, 3.63) is 35.4 Å². The van der Waals surface area contributed by atoms with E-state index in [4.69, 9.17) is 33.2 Å². The van der Waals surface area contributed by atoms with E-state index in [0.717, 1.165) is 11.1 Å². The Morgan fingerprint density at radius 2 is 1.64 bits per heavy atom. The van der Waals surface area contributed by atoms with Crippen LogP contribution in [0.25, 0.3) is 0 Å². The molecule has 9 nitrogen and oxygen atoms in total. The van der Waals surface area contributed by atoms with E-state index in [1.54, 1.807) is 32.3 Å². The number of nitrogens with zero attached hydrogens (tertiary/aromatic N) is 1. The summed E-state index contributed by atoms with van der Waals surface area (Å²) in [5.74, 6) is 2.87. The summed E-state index contributed by atoms with van der Waals surface area (Å²) in [7, 11) is 4.80. The van der Waals surface area contributed by atoms with Crippen LogP contribution in [-0.2, 0) is 19.7 Å². The lowest BCUT2D eigenvalue weighted by atomic mass is 9.76. The van der Waals surface area contributed by atoms with Crippen molar-refractivity contribution in [1.82, 2.24) is 0 Å². The highest BCUT2D eigenvalue weighted by Gasteiger charge is 2.59. The van der Waals surface area contributed by atoms with Gasteiger partial charge in [0.05, 0.1) is 39.7 Å². The van der Waals surface area contributed by atoms with E-state index in [2.05, 4.69) is 0 Å². The second-order valence-corrected chi connectivity index (χ2v) is 7.94. The van der Waals surface area contributed by atoms with Gasteiger partial charge in [-0.2, -0.15) is 0 Å². The Kier molecular flexibility index (Phi) is 5.67. The Labute approximate surface area is 192 Å². The molecular formula is C24H27NO8. The van der Waals surface area contributed by atoms with Crippen LogP contribution in [0.2, 0.25) is 0 Å². The molecule has 5 rings (SSSR count). The molecular weight excluding hydrogens is 430 g/mol. The van der Waals surface area contributed by atoms with Gasteiger partial charge in [0.2, 0.25) is 5.91 Å². The Morgan fingerprint density at radius 3 is 2.36 bits per heavy atom. The zero-order valence-corrected chi connectivity index (χ0v) is 19.0. The van der Waals surface area contributed by atoms with E-state index in [9.17, 15) is 4.79 Å². The first kappa shape index (κ1) is 21.7. The van der Waals surface area contributed by atoms with Crippen molar-refractivity contribution >= 4 is 11.6 Å². The van der Waals surface area contributed by atoms with E-state index in [1.165, 1.54) is 0 Å². The second kappa shape index (κ2) is 8.64. The molecule has 3 aliphatic rings. The lowest BCUT2D eigenvalue weighted by Crippen LogP contribution is -2.43. The van der Waals surface area contributed by atoms with E-state index >= 15 is 0 Å². The van der Waals surface area contributed by atoms with Gasteiger partial charge in [0.15, 0.2) is 11.5 Å². The summed E-state index contributed by atoms with van der Waals surface area (Å²) in [4.78, 5) is 15.9. The number of fused-ring (bicyclic) bond motifs is 5. The Hall–Kier alpha value is -3.17. The van der Waals surface area contributed by atoms with Gasteiger partial charge < -0.3 is 38.1 Å². The van der Waals surface area contributed by atoms with Crippen LogP contribution in [0.3, 0.4) is 0 Å². The molecule has 33 heavy (non-hydrogen) atoms. The number of ether oxygens (including phenoxy) is 7. The number of hydrogen-bond acceptors (Lipinski definition) is 8. The quantitative estimate of drug-likeness (QED) is 0.558. The fraction of sp³-hybridized carbons (Fsp3) is 0.458. The second-order valence-electron chi connectivity index (χ2n) is 7.94. The van der Waals surface area contributed by atoms with Gasteiger partial charge in [0, 0.05) is 30.8 Å². The van der Waals surface area contributed by atoms with Crippen LogP contribution in [0.4, 0.5) is 5.69 Å². The summed E-state index contributed by atoms with van der Waals surface area (Å²) >= 11 is 0. The minimum absolute atomic E-state index is 0.119. The average molecular weight is 457 g/mol. The maximum Gasteiger partial charge on any atom is 0.246 e. The molecule has 0 bridgehead atoms. The molecule has 9 heteroatoms. The first-order valence-corrected chi connectivity index (χ1v) is 10.9. The van der Waals surface area contributed by atoms with Crippen LogP contribution in [0.1, 0.15) is 11.1 Å². The molecule has 2 aromatic carbocycles. The number of amides is 1. The molecule has 3 heterocycles. The summed E-state index contributed by atoms with van der Waals surface area (Å²) in [5.41, 5.74) is 1.03. The molecule has 3 aliphatic heterocycles. The van der Waals surface area contributed by atoms with Gasteiger partial charge in [0.1, 0.15) is 42.5 Å². The highest BCUT2D eigenvalue weighted by Crippen LogP contribution is 2.59. The minimum Gasteiger partial charge on any atom is -0.496 e. The predicted octanol–water partition coefficient (Wildman–Crippen LogP) is 2.16. The summed E-state index contributed by atoms with van der Waals surface area (Å²) in [5, 5.41) is 0. The first-order chi connectivity index (χ1) is 16.2. The monoisotopic (exact) mass is 457 g/mol. The fourth-order valence-electron chi connectivity index (χ4n) is 4.79. The SMILES string of the molecule is COCCOCCN1C(=O)C2(COc3cc4c(cc32)OCCO4)c2c(OC)ccc(OC)c21. The van der Waals surface area contributed by atoms with Gasteiger partial charge in [-0.05, 0) is 18.2 Å². The molecule has 0 N–H and O–H groups in total. The molecule has 0 aliphatic carbocycles. The minimum atomic E-state index is -1.09. The van der Waals surface area contributed by atoms with Crippen molar-refractivity contribution in [3.63, 3.8) is 0 Å². The van der Waals surface area contributed by atoms with Crippen molar-refractivity contribution in [3.8, 4) is 28.7 Å². The van der Waals surface area contributed by atoms with Crippen molar-refractivity contribution in [2.24, 2.45) is 0 Å². The summed E-state index contributed by atoms with van der Waals surface area (Å²) in [6.45, 7) is 2.69. The van der Waals surface area contributed by atoms with Gasteiger partial charge >= 0.3 is 0 Å². The number of hydrogen-bond donors (Lipinski definition) is 0. The molecule has 0 fully saturated rings. The van der Waals surface area contributed by atoms with Gasteiger partial charge in [-0.3, -0.25) is 4.79 Å². The normalized spacial score (nSPS) is 20.0. The number of anilines is 1. The fourth-order valence-corrected chi connectivity index (χ4v) is 4.79. The largest absolute Gasteiger partial charge is 0.496 e. The Bertz CT molecular complexity index is 1070. The molecule has 2 aromatic rings. The topological polar surface area (TPSA) is 84.9 Å². The van der Waals surface area contributed by atoms with Crippen molar-refractivity contribution in [2.75, 3.05) is 72.4 Å².